The van der Waals surface area contributed by atoms with Gasteiger partial charge in [0.2, 0.25) is 11.8 Å². The van der Waals surface area contributed by atoms with Crippen LogP contribution in [0.4, 0.5) is 0 Å². The van der Waals surface area contributed by atoms with Gasteiger partial charge in [-0.1, -0.05) is 60.7 Å². The summed E-state index contributed by atoms with van der Waals surface area (Å²) in [7, 11) is 0. The Bertz CT molecular complexity index is 749. The minimum atomic E-state index is -0.0587. The predicted octanol–water partition coefficient (Wildman–Crippen LogP) is 3.12. The molecule has 5 nitrogen and oxygen atoms in total. The molecule has 0 bridgehead atoms. The number of ether oxygens (including phenoxy) is 1. The van der Waals surface area contributed by atoms with Gasteiger partial charge in [-0.2, -0.15) is 0 Å². The van der Waals surface area contributed by atoms with Crippen LogP contribution in [0.15, 0.2) is 60.7 Å². The number of rotatable bonds is 8. The molecule has 1 N–H and O–H groups in total. The van der Waals surface area contributed by atoms with Crippen LogP contribution in [-0.2, 0) is 20.7 Å². The smallest absolute Gasteiger partial charge is 0.222 e. The van der Waals surface area contributed by atoms with Crippen molar-refractivity contribution in [1.29, 1.82) is 0 Å². The number of nitrogens with zero attached hydrogens (tertiary/aromatic N) is 1. The summed E-state index contributed by atoms with van der Waals surface area (Å²) in [5, 5.41) is 2.91. The molecule has 1 saturated heterocycles. The van der Waals surface area contributed by atoms with E-state index < -0.39 is 0 Å². The number of hydrogen-bond acceptors (Lipinski definition) is 3. The van der Waals surface area contributed by atoms with E-state index in [1.165, 1.54) is 0 Å². The normalized spacial score (nSPS) is 16.6. The van der Waals surface area contributed by atoms with E-state index in [0.29, 0.717) is 45.5 Å². The third kappa shape index (κ3) is 6.20. The first-order chi connectivity index (χ1) is 13.7. The van der Waals surface area contributed by atoms with E-state index in [1.54, 1.807) is 0 Å². The maximum atomic E-state index is 12.5. The summed E-state index contributed by atoms with van der Waals surface area (Å²) in [6.07, 6.45) is 2.25. The molecular formula is C23H28N2O3. The van der Waals surface area contributed by atoms with Crippen LogP contribution in [0, 0.1) is 0 Å². The Morgan fingerprint density at radius 3 is 2.46 bits per heavy atom. The Hall–Kier alpha value is -2.66. The van der Waals surface area contributed by atoms with E-state index in [2.05, 4.69) is 5.32 Å². The lowest BCUT2D eigenvalue weighted by Crippen LogP contribution is -2.42. The zero-order valence-electron chi connectivity index (χ0n) is 16.2. The van der Waals surface area contributed by atoms with Gasteiger partial charge in [-0.05, 0) is 24.0 Å². The first-order valence-corrected chi connectivity index (χ1v) is 9.97. The summed E-state index contributed by atoms with van der Waals surface area (Å²) in [5.74, 6) is 0.162. The van der Waals surface area contributed by atoms with Crippen LogP contribution in [0.2, 0.25) is 0 Å². The molecule has 1 atom stereocenters. The van der Waals surface area contributed by atoms with Gasteiger partial charge in [0.15, 0.2) is 0 Å². The lowest BCUT2D eigenvalue weighted by Gasteiger charge is -2.33. The van der Waals surface area contributed by atoms with Crippen molar-refractivity contribution in [2.75, 3.05) is 26.2 Å². The molecule has 0 spiro atoms. The van der Waals surface area contributed by atoms with E-state index in [9.17, 15) is 9.59 Å². The van der Waals surface area contributed by atoms with Crippen LogP contribution in [0.1, 0.15) is 36.5 Å². The molecule has 148 valence electrons. The summed E-state index contributed by atoms with van der Waals surface area (Å²) in [6, 6.07) is 20.0. The van der Waals surface area contributed by atoms with Crippen LogP contribution in [0.3, 0.4) is 0 Å². The van der Waals surface area contributed by atoms with E-state index in [-0.39, 0.29) is 17.9 Å². The van der Waals surface area contributed by atoms with Crippen molar-refractivity contribution in [3.63, 3.8) is 0 Å². The van der Waals surface area contributed by atoms with Crippen molar-refractivity contribution >= 4 is 11.8 Å². The molecule has 0 aliphatic carbocycles. The van der Waals surface area contributed by atoms with Crippen molar-refractivity contribution in [2.45, 2.75) is 31.8 Å². The maximum absolute atomic E-state index is 12.5. The largest absolute Gasteiger partial charge is 0.370 e. The first-order valence-electron chi connectivity index (χ1n) is 9.97. The van der Waals surface area contributed by atoms with E-state index in [0.717, 1.165) is 17.5 Å². The Morgan fingerprint density at radius 2 is 1.71 bits per heavy atom. The monoisotopic (exact) mass is 380 g/mol. The van der Waals surface area contributed by atoms with Crippen LogP contribution in [0.5, 0.6) is 0 Å². The molecule has 1 aliphatic heterocycles. The van der Waals surface area contributed by atoms with Crippen LogP contribution >= 0.6 is 0 Å². The predicted molar refractivity (Wildman–Crippen MR) is 109 cm³/mol. The zero-order chi connectivity index (χ0) is 19.6. The summed E-state index contributed by atoms with van der Waals surface area (Å²) in [6.45, 7) is 2.31. The van der Waals surface area contributed by atoms with Gasteiger partial charge in [-0.25, -0.2) is 0 Å². The fraction of sp³-hybridized carbons (Fsp3) is 0.391. The fourth-order valence-corrected chi connectivity index (χ4v) is 3.36. The molecule has 1 aliphatic rings. The molecule has 1 unspecified atom stereocenters. The second-order valence-corrected chi connectivity index (χ2v) is 7.05. The van der Waals surface area contributed by atoms with Gasteiger partial charge in [-0.3, -0.25) is 9.59 Å². The third-order valence-electron chi connectivity index (χ3n) is 4.96. The summed E-state index contributed by atoms with van der Waals surface area (Å²) in [4.78, 5) is 26.3. The summed E-state index contributed by atoms with van der Waals surface area (Å²) >= 11 is 0. The Kier molecular flexibility index (Phi) is 7.62. The number of carbonyl (C=O) groups is 2. The van der Waals surface area contributed by atoms with Crippen molar-refractivity contribution in [1.82, 2.24) is 10.2 Å². The van der Waals surface area contributed by atoms with E-state index >= 15 is 0 Å². The highest BCUT2D eigenvalue weighted by molar-refractivity contribution is 5.77. The summed E-state index contributed by atoms with van der Waals surface area (Å²) < 4.78 is 5.81. The minimum Gasteiger partial charge on any atom is -0.370 e. The molecular weight excluding hydrogens is 352 g/mol. The van der Waals surface area contributed by atoms with Gasteiger partial charge < -0.3 is 15.0 Å². The number of hydrogen-bond donors (Lipinski definition) is 1. The number of benzene rings is 2. The molecule has 0 saturated carbocycles. The van der Waals surface area contributed by atoms with E-state index in [4.69, 9.17) is 4.74 Å². The van der Waals surface area contributed by atoms with Gasteiger partial charge in [-0.15, -0.1) is 0 Å². The molecule has 3 rings (SSSR count). The highest BCUT2D eigenvalue weighted by Gasteiger charge is 2.24. The molecule has 0 aromatic heterocycles. The molecule has 28 heavy (non-hydrogen) atoms. The van der Waals surface area contributed by atoms with Crippen LogP contribution in [0.25, 0.3) is 0 Å². The SMILES string of the molecule is O=C(CCc1ccccc1)NCCCC(=O)N1CCOC(c2ccccc2)C1. The quantitative estimate of drug-likeness (QED) is 0.716. The number of nitrogens with one attached hydrogen (secondary N) is 1. The lowest BCUT2D eigenvalue weighted by molar-refractivity contribution is -0.139. The topological polar surface area (TPSA) is 58.6 Å². The maximum Gasteiger partial charge on any atom is 0.222 e. The van der Waals surface area contributed by atoms with Crippen molar-refractivity contribution in [3.8, 4) is 0 Å². The van der Waals surface area contributed by atoms with Gasteiger partial charge in [0.1, 0.15) is 6.10 Å². The second kappa shape index (κ2) is 10.6. The lowest BCUT2D eigenvalue weighted by atomic mass is 10.1. The first kappa shape index (κ1) is 20.1. The van der Waals surface area contributed by atoms with Crippen LogP contribution in [-0.4, -0.2) is 43.0 Å². The fourth-order valence-electron chi connectivity index (χ4n) is 3.36. The molecule has 2 amide bonds. The highest BCUT2D eigenvalue weighted by atomic mass is 16.5. The molecule has 0 radical (unpaired) electrons. The minimum absolute atomic E-state index is 0.0341. The summed E-state index contributed by atoms with van der Waals surface area (Å²) in [5.41, 5.74) is 2.26. The standard InChI is InChI=1S/C23H28N2O3/c26-22(14-13-19-8-3-1-4-9-19)24-15-7-12-23(27)25-16-17-28-21(18-25)20-10-5-2-6-11-20/h1-6,8-11,21H,7,12-18H2,(H,24,26). The molecule has 2 aromatic carbocycles. The average molecular weight is 380 g/mol. The number of morpholine rings is 1. The Morgan fingerprint density at radius 1 is 1.00 bits per heavy atom. The van der Waals surface area contributed by atoms with Crippen LogP contribution < -0.4 is 5.32 Å². The molecule has 5 heteroatoms. The third-order valence-corrected chi connectivity index (χ3v) is 4.96. The number of carbonyl (C=O) groups excluding carboxylic acids is 2. The molecule has 2 aromatic rings. The average Bonchev–Trinajstić information content (AvgIpc) is 2.76. The van der Waals surface area contributed by atoms with Crippen molar-refractivity contribution in [2.24, 2.45) is 0 Å². The van der Waals surface area contributed by atoms with Gasteiger partial charge in [0, 0.05) is 25.9 Å². The highest BCUT2D eigenvalue weighted by Crippen LogP contribution is 2.22. The van der Waals surface area contributed by atoms with Gasteiger partial charge in [0.25, 0.3) is 0 Å². The number of amides is 2. The van der Waals surface area contributed by atoms with Gasteiger partial charge >= 0.3 is 0 Å². The Balaban J connectivity index is 1.33. The van der Waals surface area contributed by atoms with E-state index in [1.807, 2.05) is 65.6 Å². The van der Waals surface area contributed by atoms with Crippen molar-refractivity contribution in [3.05, 3.63) is 71.8 Å². The molecule has 1 fully saturated rings. The number of aryl methyl sites for hydroxylation is 1. The second-order valence-electron chi connectivity index (χ2n) is 7.05. The molecule has 1 heterocycles. The van der Waals surface area contributed by atoms with Crippen molar-refractivity contribution < 1.29 is 14.3 Å². The zero-order valence-corrected chi connectivity index (χ0v) is 16.2. The Labute approximate surface area is 166 Å². The van der Waals surface area contributed by atoms with Gasteiger partial charge in [0.05, 0.1) is 13.2 Å².